The SMILES string of the molecule is CN1CCc2nc(C(=O)N3CCN(S(=O)(=O)c4[nH]c5ccc(Cl)cc5c4O)CC3CC(=O)N(C)C)oc2C1. The topological polar surface area (TPSA) is 143 Å². The van der Waals surface area contributed by atoms with Crippen LogP contribution in [-0.4, -0.2) is 108 Å². The Morgan fingerprint density at radius 1 is 1.26 bits per heavy atom. The molecule has 204 valence electrons. The van der Waals surface area contributed by atoms with Gasteiger partial charge in [-0.2, -0.15) is 4.31 Å². The van der Waals surface area contributed by atoms with Gasteiger partial charge in [-0.1, -0.05) is 11.6 Å². The summed E-state index contributed by atoms with van der Waals surface area (Å²) in [6.07, 6.45) is 0.568. The van der Waals surface area contributed by atoms with Crippen LogP contribution in [0.25, 0.3) is 10.9 Å². The molecule has 0 radical (unpaired) electrons. The molecule has 2 aromatic heterocycles. The third kappa shape index (κ3) is 4.75. The van der Waals surface area contributed by atoms with Gasteiger partial charge in [-0.05, 0) is 25.2 Å². The van der Waals surface area contributed by atoms with Crippen LogP contribution in [0, 0.1) is 0 Å². The van der Waals surface area contributed by atoms with Gasteiger partial charge in [0.1, 0.15) is 5.76 Å². The number of amides is 2. The lowest BCUT2D eigenvalue weighted by Crippen LogP contribution is -2.57. The number of piperazine rings is 1. The van der Waals surface area contributed by atoms with E-state index in [-0.39, 0.29) is 48.3 Å². The zero-order chi connectivity index (χ0) is 27.4. The molecule has 1 fully saturated rings. The number of carbonyl (C=O) groups excluding carboxylic acids is 2. The predicted octanol–water partition coefficient (Wildman–Crippen LogP) is 1.50. The quantitative estimate of drug-likeness (QED) is 0.474. The second-order valence-corrected chi connectivity index (χ2v) is 12.2. The van der Waals surface area contributed by atoms with Crippen LogP contribution in [0.15, 0.2) is 27.6 Å². The number of carbonyl (C=O) groups is 2. The predicted molar refractivity (Wildman–Crippen MR) is 138 cm³/mol. The van der Waals surface area contributed by atoms with Crippen LogP contribution in [0.5, 0.6) is 5.75 Å². The molecule has 14 heteroatoms. The van der Waals surface area contributed by atoms with Crippen molar-refractivity contribution in [2.75, 3.05) is 47.3 Å². The van der Waals surface area contributed by atoms with Gasteiger partial charge >= 0.3 is 5.91 Å². The number of sulfonamides is 1. The second-order valence-electron chi connectivity index (χ2n) is 9.88. The summed E-state index contributed by atoms with van der Waals surface area (Å²) in [6.45, 7) is 1.18. The van der Waals surface area contributed by atoms with Crippen molar-refractivity contribution in [2.45, 2.75) is 30.5 Å². The summed E-state index contributed by atoms with van der Waals surface area (Å²) in [4.78, 5) is 38.2. The molecule has 1 aromatic carbocycles. The molecule has 38 heavy (non-hydrogen) atoms. The van der Waals surface area contributed by atoms with Crippen molar-refractivity contribution < 1.29 is 27.5 Å². The second kappa shape index (κ2) is 9.88. The summed E-state index contributed by atoms with van der Waals surface area (Å²) < 4.78 is 34.2. The number of aromatic amines is 1. The zero-order valence-corrected chi connectivity index (χ0v) is 22.8. The zero-order valence-electron chi connectivity index (χ0n) is 21.3. The maximum atomic E-state index is 13.6. The minimum Gasteiger partial charge on any atom is -0.504 e. The van der Waals surface area contributed by atoms with E-state index in [4.69, 9.17) is 16.0 Å². The molecule has 5 rings (SSSR count). The lowest BCUT2D eigenvalue weighted by atomic mass is 10.1. The van der Waals surface area contributed by atoms with Crippen LogP contribution in [0.1, 0.15) is 28.6 Å². The van der Waals surface area contributed by atoms with Gasteiger partial charge in [-0.25, -0.2) is 13.4 Å². The Morgan fingerprint density at radius 2 is 2.03 bits per heavy atom. The van der Waals surface area contributed by atoms with Crippen molar-refractivity contribution >= 4 is 44.3 Å². The molecule has 1 atom stereocenters. The summed E-state index contributed by atoms with van der Waals surface area (Å²) in [5, 5.41) is 11.0. The molecule has 2 amide bonds. The van der Waals surface area contributed by atoms with E-state index >= 15 is 0 Å². The van der Waals surface area contributed by atoms with E-state index in [1.54, 1.807) is 26.2 Å². The number of benzene rings is 1. The Morgan fingerprint density at radius 3 is 2.76 bits per heavy atom. The molecule has 0 saturated carbocycles. The third-order valence-electron chi connectivity index (χ3n) is 7.02. The minimum atomic E-state index is -4.20. The molecule has 0 bridgehead atoms. The van der Waals surface area contributed by atoms with Gasteiger partial charge in [0, 0.05) is 63.5 Å². The number of halogens is 1. The monoisotopic (exact) mass is 564 g/mol. The minimum absolute atomic E-state index is 0.0171. The van der Waals surface area contributed by atoms with Crippen molar-refractivity contribution in [1.29, 1.82) is 0 Å². The van der Waals surface area contributed by atoms with Gasteiger partial charge in [0.2, 0.25) is 5.91 Å². The number of H-pyrrole nitrogens is 1. The van der Waals surface area contributed by atoms with Crippen LogP contribution in [0.4, 0.5) is 0 Å². The number of likely N-dealkylation sites (N-methyl/N-ethyl adjacent to an activating group) is 1. The first-order valence-electron chi connectivity index (χ1n) is 12.1. The van der Waals surface area contributed by atoms with Crippen LogP contribution >= 0.6 is 11.6 Å². The Bertz CT molecular complexity index is 1520. The first-order chi connectivity index (χ1) is 18.0. The number of rotatable bonds is 5. The van der Waals surface area contributed by atoms with Crippen molar-refractivity contribution in [3.05, 3.63) is 40.6 Å². The molecule has 1 saturated heterocycles. The third-order valence-corrected chi connectivity index (χ3v) is 9.08. The number of aromatic nitrogens is 2. The lowest BCUT2D eigenvalue weighted by molar-refractivity contribution is -0.130. The number of hydrogen-bond acceptors (Lipinski definition) is 8. The Labute approximate surface area is 224 Å². The highest BCUT2D eigenvalue weighted by molar-refractivity contribution is 7.89. The highest BCUT2D eigenvalue weighted by Gasteiger charge is 2.41. The van der Waals surface area contributed by atoms with E-state index in [1.165, 1.54) is 20.2 Å². The average Bonchev–Trinajstić information content (AvgIpc) is 3.44. The van der Waals surface area contributed by atoms with Gasteiger partial charge in [0.25, 0.3) is 15.9 Å². The van der Waals surface area contributed by atoms with Gasteiger partial charge < -0.3 is 24.3 Å². The molecule has 1 unspecified atom stereocenters. The smallest absolute Gasteiger partial charge is 0.310 e. The van der Waals surface area contributed by atoms with Gasteiger partial charge in [0.15, 0.2) is 10.8 Å². The number of oxazole rings is 1. The van der Waals surface area contributed by atoms with Crippen molar-refractivity contribution in [2.24, 2.45) is 0 Å². The summed E-state index contributed by atoms with van der Waals surface area (Å²) in [6, 6.07) is 3.87. The summed E-state index contributed by atoms with van der Waals surface area (Å²) in [5.74, 6) is -0.604. The first-order valence-corrected chi connectivity index (χ1v) is 14.0. The van der Waals surface area contributed by atoms with Crippen molar-refractivity contribution in [3.8, 4) is 5.75 Å². The molecule has 3 aromatic rings. The van der Waals surface area contributed by atoms with Crippen LogP contribution in [0.3, 0.4) is 0 Å². The summed E-state index contributed by atoms with van der Waals surface area (Å²) >= 11 is 6.02. The van der Waals surface area contributed by atoms with Gasteiger partial charge in [-0.3, -0.25) is 14.5 Å². The van der Waals surface area contributed by atoms with E-state index in [9.17, 15) is 23.1 Å². The Hall–Kier alpha value is -3.13. The van der Waals surface area contributed by atoms with E-state index in [2.05, 4.69) is 14.9 Å². The maximum Gasteiger partial charge on any atom is 0.310 e. The number of nitrogens with zero attached hydrogens (tertiary/aromatic N) is 5. The number of hydrogen-bond donors (Lipinski definition) is 2. The van der Waals surface area contributed by atoms with Crippen LogP contribution in [-0.2, 0) is 27.8 Å². The highest BCUT2D eigenvalue weighted by Crippen LogP contribution is 2.36. The van der Waals surface area contributed by atoms with E-state index in [1.807, 2.05) is 7.05 Å². The average molecular weight is 565 g/mol. The number of fused-ring (bicyclic) bond motifs is 2. The van der Waals surface area contributed by atoms with Crippen molar-refractivity contribution in [3.63, 3.8) is 0 Å². The molecule has 0 spiro atoms. The standard InChI is InChI=1S/C24H29ClN6O6S/c1-28(2)20(32)11-15-12-30(38(35,36)23-21(33)16-10-14(25)4-5-17(16)27-23)8-9-31(15)24(34)22-26-18-6-7-29(3)13-19(18)37-22/h4-5,10,15,27,33H,6-9,11-13H2,1-3H3. The van der Waals surface area contributed by atoms with Gasteiger partial charge in [0.05, 0.1) is 23.8 Å². The molecule has 0 aliphatic carbocycles. The van der Waals surface area contributed by atoms with E-state index in [0.717, 1.165) is 12.2 Å². The molecule has 4 heterocycles. The fourth-order valence-corrected chi connectivity index (χ4v) is 6.56. The Kier molecular flexibility index (Phi) is 6.88. The normalized spacial score (nSPS) is 19.1. The maximum absolute atomic E-state index is 13.6. The van der Waals surface area contributed by atoms with Crippen LogP contribution < -0.4 is 0 Å². The number of aromatic hydroxyl groups is 1. The molecular weight excluding hydrogens is 536 g/mol. The summed E-state index contributed by atoms with van der Waals surface area (Å²) in [5.41, 5.74) is 1.15. The molecule has 2 aliphatic rings. The highest BCUT2D eigenvalue weighted by atomic mass is 35.5. The molecule has 2 aliphatic heterocycles. The molecule has 12 nitrogen and oxygen atoms in total. The molecule has 2 N–H and O–H groups in total. The fourth-order valence-electron chi connectivity index (χ4n) is 4.85. The molecular formula is C24H29ClN6O6S. The number of nitrogens with one attached hydrogen (secondary N) is 1. The fraction of sp³-hybridized carbons (Fsp3) is 0.458. The van der Waals surface area contributed by atoms with Crippen molar-refractivity contribution in [1.82, 2.24) is 29.0 Å². The first kappa shape index (κ1) is 26.5. The van der Waals surface area contributed by atoms with E-state index < -0.39 is 27.7 Å². The lowest BCUT2D eigenvalue weighted by Gasteiger charge is -2.40. The van der Waals surface area contributed by atoms with Crippen LogP contribution in [0.2, 0.25) is 5.02 Å². The van der Waals surface area contributed by atoms with Gasteiger partial charge in [-0.15, -0.1) is 0 Å². The largest absolute Gasteiger partial charge is 0.504 e. The Balaban J connectivity index is 1.44. The summed E-state index contributed by atoms with van der Waals surface area (Å²) in [7, 11) is 0.943. The van der Waals surface area contributed by atoms with E-state index in [0.29, 0.717) is 29.3 Å².